The van der Waals surface area contributed by atoms with E-state index in [-0.39, 0.29) is 18.0 Å². The van der Waals surface area contributed by atoms with E-state index in [1.165, 1.54) is 6.07 Å². The maximum Gasteiger partial charge on any atom is 0.123 e. The van der Waals surface area contributed by atoms with Gasteiger partial charge in [-0.05, 0) is 30.5 Å². The van der Waals surface area contributed by atoms with Crippen LogP contribution in [0, 0.1) is 11.7 Å². The molecule has 0 spiro atoms. The molecule has 0 aliphatic heterocycles. The smallest absolute Gasteiger partial charge is 0.123 e. The highest BCUT2D eigenvalue weighted by Gasteiger charge is 2.18. The summed E-state index contributed by atoms with van der Waals surface area (Å²) in [4.78, 5) is 0. The highest BCUT2D eigenvalue weighted by molar-refractivity contribution is 5.19. The van der Waals surface area contributed by atoms with Gasteiger partial charge >= 0.3 is 0 Å². The lowest BCUT2D eigenvalue weighted by atomic mass is 10.1. The summed E-state index contributed by atoms with van der Waals surface area (Å²) in [5, 5.41) is 3.36. The van der Waals surface area contributed by atoms with E-state index in [0.717, 1.165) is 5.56 Å². The van der Waals surface area contributed by atoms with Gasteiger partial charge in [-0.15, -0.1) is 0 Å². The fourth-order valence-corrected chi connectivity index (χ4v) is 1.71. The van der Waals surface area contributed by atoms with Gasteiger partial charge in [0.1, 0.15) is 5.82 Å². The zero-order valence-corrected chi connectivity index (χ0v) is 12.6. The molecule has 108 valence electrons. The SMILES string of the molecule is CC(C)NCC(OC(C)C(C)C)c1cccc(F)c1. The van der Waals surface area contributed by atoms with Gasteiger partial charge in [0, 0.05) is 12.6 Å². The van der Waals surface area contributed by atoms with Crippen LogP contribution < -0.4 is 5.32 Å². The van der Waals surface area contributed by atoms with Gasteiger partial charge in [-0.2, -0.15) is 0 Å². The number of rotatable bonds is 7. The normalized spacial score (nSPS) is 14.9. The number of hydrogen-bond donors (Lipinski definition) is 1. The molecule has 1 rings (SSSR count). The second-order valence-electron chi connectivity index (χ2n) is 5.69. The standard InChI is InChI=1S/C16H26FNO/c1-11(2)13(5)19-16(10-18-12(3)4)14-7-6-8-15(17)9-14/h6-9,11-13,16,18H,10H2,1-5H3. The molecule has 1 N–H and O–H groups in total. The molecule has 1 aromatic carbocycles. The van der Waals surface area contributed by atoms with E-state index in [1.807, 2.05) is 6.07 Å². The van der Waals surface area contributed by atoms with Crippen molar-refractivity contribution >= 4 is 0 Å². The van der Waals surface area contributed by atoms with Gasteiger partial charge in [0.15, 0.2) is 0 Å². The minimum Gasteiger partial charge on any atom is -0.369 e. The van der Waals surface area contributed by atoms with Crippen molar-refractivity contribution in [3.8, 4) is 0 Å². The van der Waals surface area contributed by atoms with Crippen molar-refractivity contribution in [2.75, 3.05) is 6.54 Å². The second kappa shape index (κ2) is 7.61. The number of nitrogens with one attached hydrogen (secondary N) is 1. The maximum absolute atomic E-state index is 13.3. The molecular weight excluding hydrogens is 241 g/mol. The van der Waals surface area contributed by atoms with Crippen LogP contribution in [0.15, 0.2) is 24.3 Å². The Labute approximate surface area is 116 Å². The summed E-state index contributed by atoms with van der Waals surface area (Å²) in [6.45, 7) is 11.2. The molecule has 0 radical (unpaired) electrons. The molecule has 2 atom stereocenters. The zero-order valence-electron chi connectivity index (χ0n) is 12.6. The van der Waals surface area contributed by atoms with E-state index in [4.69, 9.17) is 4.74 Å². The van der Waals surface area contributed by atoms with Gasteiger partial charge in [0.2, 0.25) is 0 Å². The lowest BCUT2D eigenvalue weighted by Crippen LogP contribution is -2.31. The van der Waals surface area contributed by atoms with E-state index in [1.54, 1.807) is 12.1 Å². The second-order valence-corrected chi connectivity index (χ2v) is 5.69. The van der Waals surface area contributed by atoms with Gasteiger partial charge < -0.3 is 10.1 Å². The number of ether oxygens (including phenoxy) is 1. The van der Waals surface area contributed by atoms with Crippen LogP contribution in [0.2, 0.25) is 0 Å². The molecule has 2 unspecified atom stereocenters. The lowest BCUT2D eigenvalue weighted by molar-refractivity contribution is -0.0267. The monoisotopic (exact) mass is 267 g/mol. The fraction of sp³-hybridized carbons (Fsp3) is 0.625. The lowest BCUT2D eigenvalue weighted by Gasteiger charge is -2.26. The molecule has 2 nitrogen and oxygen atoms in total. The fourth-order valence-electron chi connectivity index (χ4n) is 1.71. The summed E-state index contributed by atoms with van der Waals surface area (Å²) in [6, 6.07) is 7.05. The first-order chi connectivity index (χ1) is 8.90. The number of halogens is 1. The van der Waals surface area contributed by atoms with Crippen LogP contribution in [-0.4, -0.2) is 18.7 Å². The molecule has 0 saturated heterocycles. The molecule has 3 heteroatoms. The Hall–Kier alpha value is -0.930. The van der Waals surface area contributed by atoms with Crippen molar-refractivity contribution in [3.05, 3.63) is 35.6 Å². The van der Waals surface area contributed by atoms with Crippen LogP contribution in [0.1, 0.15) is 46.3 Å². The molecule has 0 fully saturated rings. The van der Waals surface area contributed by atoms with Crippen molar-refractivity contribution in [3.63, 3.8) is 0 Å². The van der Waals surface area contributed by atoms with E-state index >= 15 is 0 Å². The molecule has 0 aliphatic rings. The third-order valence-electron chi connectivity index (χ3n) is 3.25. The van der Waals surface area contributed by atoms with Gasteiger partial charge in [-0.25, -0.2) is 4.39 Å². The summed E-state index contributed by atoms with van der Waals surface area (Å²) in [6.07, 6.45) is 0.0257. The molecule has 0 heterocycles. The van der Waals surface area contributed by atoms with Crippen molar-refractivity contribution < 1.29 is 9.13 Å². The van der Waals surface area contributed by atoms with E-state index < -0.39 is 0 Å². The third kappa shape index (κ3) is 5.70. The predicted octanol–water partition coefficient (Wildman–Crippen LogP) is 3.93. The average Bonchev–Trinajstić information content (AvgIpc) is 2.33. The topological polar surface area (TPSA) is 21.3 Å². The van der Waals surface area contributed by atoms with Crippen molar-refractivity contribution in [2.45, 2.75) is 52.9 Å². The Morgan fingerprint density at radius 3 is 2.37 bits per heavy atom. The third-order valence-corrected chi connectivity index (χ3v) is 3.25. The minimum absolute atomic E-state index is 0.115. The van der Waals surface area contributed by atoms with Gasteiger partial charge in [0.05, 0.1) is 12.2 Å². The summed E-state index contributed by atoms with van der Waals surface area (Å²) in [5.74, 6) is 0.225. The van der Waals surface area contributed by atoms with Crippen LogP contribution in [0.4, 0.5) is 4.39 Å². The first-order valence-corrected chi connectivity index (χ1v) is 7.04. The molecule has 0 bridgehead atoms. The van der Waals surface area contributed by atoms with Crippen molar-refractivity contribution in [2.24, 2.45) is 5.92 Å². The van der Waals surface area contributed by atoms with Gasteiger partial charge in [-0.1, -0.05) is 39.8 Å². The number of benzene rings is 1. The highest BCUT2D eigenvalue weighted by atomic mass is 19.1. The molecule has 0 amide bonds. The Morgan fingerprint density at radius 1 is 1.16 bits per heavy atom. The Morgan fingerprint density at radius 2 is 1.84 bits per heavy atom. The molecule has 0 aromatic heterocycles. The van der Waals surface area contributed by atoms with Crippen LogP contribution >= 0.6 is 0 Å². The van der Waals surface area contributed by atoms with Crippen LogP contribution in [0.25, 0.3) is 0 Å². The molecule has 0 saturated carbocycles. The molecule has 0 aliphatic carbocycles. The highest BCUT2D eigenvalue weighted by Crippen LogP contribution is 2.22. The summed E-state index contributed by atoms with van der Waals surface area (Å²) in [5.41, 5.74) is 0.889. The first kappa shape index (κ1) is 16.1. The predicted molar refractivity (Wildman–Crippen MR) is 77.7 cm³/mol. The molecule has 19 heavy (non-hydrogen) atoms. The Bertz CT molecular complexity index is 379. The van der Waals surface area contributed by atoms with Crippen molar-refractivity contribution in [1.29, 1.82) is 0 Å². The van der Waals surface area contributed by atoms with Gasteiger partial charge in [0.25, 0.3) is 0 Å². The van der Waals surface area contributed by atoms with Crippen LogP contribution in [0.5, 0.6) is 0 Å². The summed E-state index contributed by atoms with van der Waals surface area (Å²) in [7, 11) is 0. The molecular formula is C16H26FNO. The minimum atomic E-state index is -0.215. The first-order valence-electron chi connectivity index (χ1n) is 7.04. The van der Waals surface area contributed by atoms with E-state index in [9.17, 15) is 4.39 Å². The van der Waals surface area contributed by atoms with Crippen molar-refractivity contribution in [1.82, 2.24) is 5.32 Å². The van der Waals surface area contributed by atoms with E-state index in [2.05, 4.69) is 39.9 Å². The van der Waals surface area contributed by atoms with Gasteiger partial charge in [-0.3, -0.25) is 0 Å². The summed E-state index contributed by atoms with van der Waals surface area (Å²) < 4.78 is 19.4. The number of hydrogen-bond acceptors (Lipinski definition) is 2. The Balaban J connectivity index is 2.79. The summed E-state index contributed by atoms with van der Waals surface area (Å²) >= 11 is 0. The Kier molecular flexibility index (Phi) is 6.46. The maximum atomic E-state index is 13.3. The molecule has 1 aromatic rings. The average molecular weight is 267 g/mol. The quantitative estimate of drug-likeness (QED) is 0.808. The zero-order chi connectivity index (χ0) is 14.4. The largest absolute Gasteiger partial charge is 0.369 e. The van der Waals surface area contributed by atoms with Crippen LogP contribution in [0.3, 0.4) is 0 Å². The van der Waals surface area contributed by atoms with Crippen LogP contribution in [-0.2, 0) is 4.74 Å². The van der Waals surface area contributed by atoms with E-state index in [0.29, 0.717) is 18.5 Å².